The summed E-state index contributed by atoms with van der Waals surface area (Å²) in [5, 5.41) is 21.7. The molecule has 0 spiro atoms. The fourth-order valence-corrected chi connectivity index (χ4v) is 4.86. The number of halogens is 3. The number of thiophene rings is 1. The maximum Gasteiger partial charge on any atom is 0.433 e. The molecule has 4 rings (SSSR count). The molecule has 38 heavy (non-hydrogen) atoms. The van der Waals surface area contributed by atoms with Gasteiger partial charge in [-0.15, -0.1) is 16.4 Å². The molecule has 200 valence electrons. The highest BCUT2D eigenvalue weighted by atomic mass is 32.1. The highest BCUT2D eigenvalue weighted by Gasteiger charge is 2.35. The lowest BCUT2D eigenvalue weighted by atomic mass is 10.0. The number of anilines is 1. The third kappa shape index (κ3) is 4.74. The van der Waals surface area contributed by atoms with Crippen molar-refractivity contribution in [1.29, 1.82) is 0 Å². The number of nitrogens with zero attached hydrogens (tertiary/aromatic N) is 6. The summed E-state index contributed by atoms with van der Waals surface area (Å²) < 4.78 is 48.5. The molecule has 0 unspecified atom stereocenters. The van der Waals surface area contributed by atoms with Crippen LogP contribution in [-0.4, -0.2) is 48.4 Å². The number of alkyl halides is 3. The number of aromatic nitrogens is 5. The summed E-state index contributed by atoms with van der Waals surface area (Å²) in [5.41, 5.74) is 4.60. The molecule has 0 aliphatic carbocycles. The van der Waals surface area contributed by atoms with Crippen LogP contribution in [0.2, 0.25) is 0 Å². The topological polar surface area (TPSA) is 173 Å². The summed E-state index contributed by atoms with van der Waals surface area (Å²) in [5.74, 6) is -2.12. The van der Waals surface area contributed by atoms with Crippen LogP contribution in [0, 0.1) is 17.0 Å². The van der Waals surface area contributed by atoms with Gasteiger partial charge in [0.15, 0.2) is 0 Å². The van der Waals surface area contributed by atoms with Crippen LogP contribution in [0.3, 0.4) is 0 Å². The molecule has 0 saturated heterocycles. The van der Waals surface area contributed by atoms with E-state index in [4.69, 9.17) is 10.5 Å². The quantitative estimate of drug-likeness (QED) is 0.247. The lowest BCUT2D eigenvalue weighted by molar-refractivity contribution is -0.385. The molecule has 17 heteroatoms. The Morgan fingerprint density at radius 2 is 2.03 bits per heavy atom. The number of nitro groups is 1. The molecule has 0 fully saturated rings. The number of amides is 2. The van der Waals surface area contributed by atoms with E-state index in [1.54, 1.807) is 11.6 Å². The van der Waals surface area contributed by atoms with Gasteiger partial charge in [-0.05, 0) is 25.5 Å². The van der Waals surface area contributed by atoms with E-state index < -0.39 is 40.8 Å². The minimum atomic E-state index is -4.80. The molecule has 4 aromatic heterocycles. The zero-order valence-electron chi connectivity index (χ0n) is 20.0. The van der Waals surface area contributed by atoms with Crippen molar-refractivity contribution < 1.29 is 32.4 Å². The molecule has 3 N–H and O–H groups in total. The Hall–Kier alpha value is -4.54. The molecular weight excluding hydrogens is 533 g/mol. The van der Waals surface area contributed by atoms with Gasteiger partial charge in [0.25, 0.3) is 5.91 Å². The second kappa shape index (κ2) is 9.73. The summed E-state index contributed by atoms with van der Waals surface area (Å²) in [6, 6.07) is 0.821. The van der Waals surface area contributed by atoms with Crippen LogP contribution >= 0.6 is 11.3 Å². The number of ether oxygens (including phenoxy) is 1. The molecule has 13 nitrogen and oxygen atoms in total. The molecular formula is C21H19F3N8O5S. The summed E-state index contributed by atoms with van der Waals surface area (Å²) in [7, 11) is 1.17. The number of nitrogens with two attached hydrogens (primary N) is 1. The monoisotopic (exact) mass is 552 g/mol. The number of methoxy groups -OCH3 is 1. The standard InChI is InChI=1S/C21H19F3N8O5S/c1-4-31-9(2)11(6-26-31)10-5-13(21(22,23)24)27-20-15(10)16(17(38-20)18(25)34)28-14(33)8-30-7-12(32(35)36)19(29-30)37-3/h5-7H,4,8H2,1-3H3,(H2,25,34)(H,28,33). The third-order valence-corrected chi connectivity index (χ3v) is 6.64. The second-order valence-corrected chi connectivity index (χ2v) is 8.89. The van der Waals surface area contributed by atoms with E-state index in [0.29, 0.717) is 29.1 Å². The van der Waals surface area contributed by atoms with Crippen molar-refractivity contribution in [3.8, 4) is 17.0 Å². The Morgan fingerprint density at radius 1 is 1.32 bits per heavy atom. The average molecular weight is 552 g/mol. The predicted octanol–water partition coefficient (Wildman–Crippen LogP) is 3.36. The molecule has 0 aliphatic heterocycles. The number of hydrogen-bond donors (Lipinski definition) is 2. The Bertz CT molecular complexity index is 1590. The van der Waals surface area contributed by atoms with Gasteiger partial charge in [0.05, 0.1) is 23.9 Å². The summed E-state index contributed by atoms with van der Waals surface area (Å²) in [6.07, 6.45) is -2.44. The van der Waals surface area contributed by atoms with Crippen LogP contribution in [0.15, 0.2) is 18.5 Å². The SMILES string of the molecule is CCn1ncc(-c2cc(C(F)(F)F)nc3sc(C(N)=O)c(NC(=O)Cn4cc([N+](=O)[O-])c(OC)n4)c23)c1C. The smallest absolute Gasteiger partial charge is 0.433 e. The van der Waals surface area contributed by atoms with Crippen molar-refractivity contribution in [3.63, 3.8) is 0 Å². The number of fused-ring (bicyclic) bond motifs is 1. The number of primary amides is 1. The van der Waals surface area contributed by atoms with E-state index in [2.05, 4.69) is 20.5 Å². The van der Waals surface area contributed by atoms with Crippen molar-refractivity contribution in [3.05, 3.63) is 44.8 Å². The van der Waals surface area contributed by atoms with E-state index >= 15 is 0 Å². The summed E-state index contributed by atoms with van der Waals surface area (Å²) in [6.45, 7) is 3.38. The van der Waals surface area contributed by atoms with Crippen LogP contribution in [-0.2, 0) is 24.1 Å². The molecule has 4 heterocycles. The molecule has 0 atom stereocenters. The van der Waals surface area contributed by atoms with Crippen molar-refractivity contribution in [2.75, 3.05) is 12.4 Å². The van der Waals surface area contributed by atoms with Gasteiger partial charge in [0.1, 0.15) is 28.1 Å². The van der Waals surface area contributed by atoms with E-state index in [1.807, 2.05) is 6.92 Å². The van der Waals surface area contributed by atoms with Crippen molar-refractivity contribution in [2.45, 2.75) is 33.1 Å². The first-order chi connectivity index (χ1) is 17.8. The van der Waals surface area contributed by atoms with E-state index in [-0.39, 0.29) is 32.2 Å². The van der Waals surface area contributed by atoms with Crippen molar-refractivity contribution in [1.82, 2.24) is 24.5 Å². The average Bonchev–Trinajstić information content (AvgIpc) is 3.53. The Kier molecular flexibility index (Phi) is 6.79. The van der Waals surface area contributed by atoms with Crippen LogP contribution in [0.25, 0.3) is 21.3 Å². The number of rotatable bonds is 8. The van der Waals surface area contributed by atoms with E-state index in [9.17, 15) is 32.9 Å². The maximum atomic E-state index is 13.7. The lowest BCUT2D eigenvalue weighted by Gasteiger charge is -2.12. The molecule has 4 aromatic rings. The first-order valence-corrected chi connectivity index (χ1v) is 11.6. The molecule has 0 radical (unpaired) electrons. The van der Waals surface area contributed by atoms with Crippen LogP contribution < -0.4 is 15.8 Å². The van der Waals surface area contributed by atoms with Gasteiger partial charge in [0, 0.05) is 23.2 Å². The van der Waals surface area contributed by atoms with Crippen molar-refractivity contribution in [2.24, 2.45) is 5.73 Å². The third-order valence-electron chi connectivity index (χ3n) is 5.54. The van der Waals surface area contributed by atoms with E-state index in [1.165, 1.54) is 13.3 Å². The number of carbonyl (C=O) groups excluding carboxylic acids is 2. The van der Waals surface area contributed by atoms with Crippen LogP contribution in [0.4, 0.5) is 24.5 Å². The number of hydrogen-bond acceptors (Lipinski definition) is 9. The fraction of sp³-hybridized carbons (Fsp3) is 0.286. The number of aryl methyl sites for hydroxylation is 1. The molecule has 2 amide bonds. The summed E-state index contributed by atoms with van der Waals surface area (Å²) in [4.78, 5) is 38.9. The zero-order chi connectivity index (χ0) is 27.9. The molecule has 0 aromatic carbocycles. The van der Waals surface area contributed by atoms with Crippen molar-refractivity contribution >= 4 is 44.7 Å². The normalized spacial score (nSPS) is 11.6. The second-order valence-electron chi connectivity index (χ2n) is 7.89. The number of pyridine rings is 1. The highest BCUT2D eigenvalue weighted by Crippen LogP contribution is 2.44. The minimum Gasteiger partial charge on any atom is -0.475 e. The van der Waals surface area contributed by atoms with E-state index in [0.717, 1.165) is 16.9 Å². The first-order valence-electron chi connectivity index (χ1n) is 10.8. The molecule has 0 bridgehead atoms. The number of carbonyl (C=O) groups is 2. The Labute approximate surface area is 215 Å². The lowest BCUT2D eigenvalue weighted by Crippen LogP contribution is -2.21. The Morgan fingerprint density at radius 3 is 2.55 bits per heavy atom. The highest BCUT2D eigenvalue weighted by molar-refractivity contribution is 7.21. The summed E-state index contributed by atoms with van der Waals surface area (Å²) >= 11 is 0.593. The predicted molar refractivity (Wildman–Crippen MR) is 129 cm³/mol. The van der Waals surface area contributed by atoms with Gasteiger partial charge < -0.3 is 15.8 Å². The fourth-order valence-electron chi connectivity index (χ4n) is 3.85. The van der Waals surface area contributed by atoms with Gasteiger partial charge in [-0.2, -0.15) is 18.3 Å². The first kappa shape index (κ1) is 26.5. The minimum absolute atomic E-state index is 0.0370. The van der Waals surface area contributed by atoms with Crippen LogP contribution in [0.5, 0.6) is 5.88 Å². The van der Waals surface area contributed by atoms with Gasteiger partial charge in [-0.1, -0.05) is 0 Å². The van der Waals surface area contributed by atoms with Gasteiger partial charge in [-0.3, -0.25) is 29.1 Å². The molecule has 0 saturated carbocycles. The van der Waals surface area contributed by atoms with Gasteiger partial charge >= 0.3 is 17.7 Å². The zero-order valence-corrected chi connectivity index (χ0v) is 20.8. The number of nitrogens with one attached hydrogen (secondary N) is 1. The van der Waals surface area contributed by atoms with Crippen LogP contribution in [0.1, 0.15) is 28.0 Å². The van der Waals surface area contributed by atoms with Gasteiger partial charge in [0.2, 0.25) is 5.91 Å². The van der Waals surface area contributed by atoms with Gasteiger partial charge in [-0.25, -0.2) is 4.98 Å². The Balaban J connectivity index is 1.87. The largest absolute Gasteiger partial charge is 0.475 e. The molecule has 0 aliphatic rings. The maximum absolute atomic E-state index is 13.7.